The Morgan fingerprint density at radius 3 is 2.61 bits per heavy atom. The highest BCUT2D eigenvalue weighted by Gasteiger charge is 2.31. The molecule has 2 atom stereocenters. The first-order valence-electron chi connectivity index (χ1n) is 7.23. The third kappa shape index (κ3) is 4.67. The Morgan fingerprint density at radius 2 is 2.04 bits per heavy atom. The van der Waals surface area contributed by atoms with Crippen molar-refractivity contribution >= 4 is 10.2 Å². The molecule has 9 heteroatoms. The minimum Gasteiger partial charge on any atom is -0.390 e. The number of hydrogen-bond acceptors (Lipinski definition) is 4. The Hall–Kier alpha value is -1.13. The average molecular weight is 349 g/mol. The summed E-state index contributed by atoms with van der Waals surface area (Å²) in [6.45, 7) is 1.15. The molecule has 130 valence electrons. The summed E-state index contributed by atoms with van der Waals surface area (Å²) in [5.41, 5.74) is 0.600. The zero-order valence-electron chi connectivity index (χ0n) is 13.0. The number of nitrogens with one attached hydrogen (secondary N) is 1. The fourth-order valence-corrected chi connectivity index (χ4v) is 3.34. The molecule has 1 aliphatic heterocycles. The van der Waals surface area contributed by atoms with Crippen LogP contribution < -0.4 is 4.72 Å². The van der Waals surface area contributed by atoms with Crippen LogP contribution in [0.3, 0.4) is 0 Å². The van der Waals surface area contributed by atoms with Crippen molar-refractivity contribution in [3.8, 4) is 0 Å². The van der Waals surface area contributed by atoms with Crippen LogP contribution in [-0.2, 0) is 16.8 Å². The normalized spacial score (nSPS) is 23.4. The van der Waals surface area contributed by atoms with Crippen molar-refractivity contribution in [2.24, 2.45) is 0 Å². The number of hydrogen-bond donors (Lipinski definition) is 2. The number of halogens is 2. The summed E-state index contributed by atoms with van der Waals surface area (Å²) < 4.78 is 53.2. The molecule has 1 fully saturated rings. The standard InChI is InChI=1S/C14H21F2N3O3S/c1-18(2)23(21,22)17-13-5-6-19(9-14(13)20)8-10-3-4-11(15)12(16)7-10/h3-4,7,13-14,17,20H,5-6,8-9H2,1-2H3/t13-,14-/m1/s1. The van der Waals surface area contributed by atoms with Crippen LogP contribution in [0.2, 0.25) is 0 Å². The highest BCUT2D eigenvalue weighted by molar-refractivity contribution is 7.87. The van der Waals surface area contributed by atoms with Gasteiger partial charge >= 0.3 is 0 Å². The van der Waals surface area contributed by atoms with Gasteiger partial charge in [0.25, 0.3) is 10.2 Å². The summed E-state index contributed by atoms with van der Waals surface area (Å²) in [4.78, 5) is 1.87. The van der Waals surface area contributed by atoms with Gasteiger partial charge < -0.3 is 5.11 Å². The zero-order chi connectivity index (χ0) is 17.2. The number of benzene rings is 1. The van der Waals surface area contributed by atoms with E-state index in [1.165, 1.54) is 20.2 Å². The molecule has 0 saturated carbocycles. The third-order valence-corrected chi connectivity index (χ3v) is 5.40. The molecule has 0 bridgehead atoms. The van der Waals surface area contributed by atoms with Gasteiger partial charge in [0.05, 0.1) is 12.1 Å². The predicted octanol–water partition coefficient (Wildman–Crippen LogP) is 0.296. The summed E-state index contributed by atoms with van der Waals surface area (Å²) in [5.74, 6) is -1.80. The lowest BCUT2D eigenvalue weighted by Gasteiger charge is -2.36. The van der Waals surface area contributed by atoms with Gasteiger partial charge in [-0.15, -0.1) is 0 Å². The molecule has 1 aromatic carbocycles. The van der Waals surface area contributed by atoms with Crippen molar-refractivity contribution in [3.05, 3.63) is 35.4 Å². The number of aliphatic hydroxyl groups excluding tert-OH is 1. The molecule has 0 radical (unpaired) electrons. The van der Waals surface area contributed by atoms with Gasteiger partial charge in [-0.1, -0.05) is 6.07 Å². The minimum absolute atomic E-state index is 0.250. The van der Waals surface area contributed by atoms with Crippen molar-refractivity contribution in [2.75, 3.05) is 27.2 Å². The smallest absolute Gasteiger partial charge is 0.279 e. The maximum absolute atomic E-state index is 13.2. The Bertz CT molecular complexity index is 655. The van der Waals surface area contributed by atoms with Crippen molar-refractivity contribution in [1.29, 1.82) is 0 Å². The zero-order valence-corrected chi connectivity index (χ0v) is 13.9. The third-order valence-electron chi connectivity index (χ3n) is 3.84. The van der Waals surface area contributed by atoms with Crippen molar-refractivity contribution < 1.29 is 22.3 Å². The Kier molecular flexibility index (Phi) is 5.69. The van der Waals surface area contributed by atoms with Gasteiger partial charge in [0.2, 0.25) is 0 Å². The number of nitrogens with zero attached hydrogens (tertiary/aromatic N) is 2. The van der Waals surface area contributed by atoms with Crippen LogP contribution in [0.15, 0.2) is 18.2 Å². The molecule has 23 heavy (non-hydrogen) atoms. The second kappa shape index (κ2) is 7.18. The summed E-state index contributed by atoms with van der Waals surface area (Å²) in [6.07, 6.45) is -0.443. The van der Waals surface area contributed by atoms with Gasteiger partial charge in [0.1, 0.15) is 0 Å². The van der Waals surface area contributed by atoms with E-state index in [0.717, 1.165) is 16.4 Å². The summed E-state index contributed by atoms with van der Waals surface area (Å²) >= 11 is 0. The molecular formula is C14H21F2N3O3S. The molecule has 0 amide bonds. The second-order valence-electron chi connectivity index (χ2n) is 5.85. The SMILES string of the molecule is CN(C)S(=O)(=O)N[C@@H]1CCN(Cc2ccc(F)c(F)c2)C[C@H]1O. The summed E-state index contributed by atoms with van der Waals surface area (Å²) in [7, 11) is -0.785. The Balaban J connectivity index is 1.94. The first kappa shape index (κ1) is 18.2. The van der Waals surface area contributed by atoms with E-state index >= 15 is 0 Å². The molecule has 0 spiro atoms. The molecule has 2 N–H and O–H groups in total. The fourth-order valence-electron chi connectivity index (χ4n) is 2.47. The molecule has 1 heterocycles. The fraction of sp³-hybridized carbons (Fsp3) is 0.571. The Labute approximate surface area is 134 Å². The number of aliphatic hydroxyl groups is 1. The second-order valence-corrected chi connectivity index (χ2v) is 7.77. The maximum atomic E-state index is 13.2. The van der Waals surface area contributed by atoms with Gasteiger partial charge in [-0.2, -0.15) is 17.4 Å². The quantitative estimate of drug-likeness (QED) is 0.802. The van der Waals surface area contributed by atoms with E-state index in [0.29, 0.717) is 25.1 Å². The van der Waals surface area contributed by atoms with Crippen molar-refractivity contribution in [3.63, 3.8) is 0 Å². The molecule has 0 aliphatic carbocycles. The molecule has 1 saturated heterocycles. The molecule has 6 nitrogen and oxygen atoms in total. The van der Waals surface area contributed by atoms with Crippen LogP contribution in [0.1, 0.15) is 12.0 Å². The van der Waals surface area contributed by atoms with E-state index in [1.807, 2.05) is 4.90 Å². The minimum atomic E-state index is -3.60. The van der Waals surface area contributed by atoms with E-state index in [-0.39, 0.29) is 6.54 Å². The lowest BCUT2D eigenvalue weighted by molar-refractivity contribution is 0.0441. The van der Waals surface area contributed by atoms with E-state index in [9.17, 15) is 22.3 Å². The molecular weight excluding hydrogens is 328 g/mol. The van der Waals surface area contributed by atoms with E-state index < -0.39 is 34.0 Å². The molecule has 2 rings (SSSR count). The van der Waals surface area contributed by atoms with E-state index in [1.54, 1.807) is 0 Å². The highest BCUT2D eigenvalue weighted by atomic mass is 32.2. The van der Waals surface area contributed by atoms with Crippen LogP contribution in [0, 0.1) is 11.6 Å². The largest absolute Gasteiger partial charge is 0.390 e. The highest BCUT2D eigenvalue weighted by Crippen LogP contribution is 2.17. The molecule has 0 unspecified atom stereocenters. The summed E-state index contributed by atoms with van der Waals surface area (Å²) in [5, 5.41) is 10.1. The number of β-amino-alcohol motifs (C(OH)–C–C–N with tert-alkyl or cyclic N) is 1. The van der Waals surface area contributed by atoms with Crippen molar-refractivity contribution in [2.45, 2.75) is 25.1 Å². The van der Waals surface area contributed by atoms with Crippen molar-refractivity contribution in [1.82, 2.24) is 13.9 Å². The number of likely N-dealkylation sites (tertiary alicyclic amines) is 1. The Morgan fingerprint density at radius 1 is 1.35 bits per heavy atom. The van der Waals surface area contributed by atoms with Crippen LogP contribution >= 0.6 is 0 Å². The van der Waals surface area contributed by atoms with E-state index in [4.69, 9.17) is 0 Å². The van der Waals surface area contributed by atoms with Gasteiger partial charge in [-0.25, -0.2) is 8.78 Å². The first-order chi connectivity index (χ1) is 10.7. The summed E-state index contributed by atoms with van der Waals surface area (Å²) in [6, 6.07) is 3.12. The topological polar surface area (TPSA) is 72.9 Å². The maximum Gasteiger partial charge on any atom is 0.279 e. The average Bonchev–Trinajstić information content (AvgIpc) is 2.45. The van der Waals surface area contributed by atoms with Gasteiger partial charge in [0.15, 0.2) is 11.6 Å². The first-order valence-corrected chi connectivity index (χ1v) is 8.67. The molecule has 1 aromatic rings. The lowest BCUT2D eigenvalue weighted by Crippen LogP contribution is -2.55. The lowest BCUT2D eigenvalue weighted by atomic mass is 10.0. The molecule has 0 aromatic heterocycles. The van der Waals surface area contributed by atoms with Gasteiger partial charge in [0, 0.05) is 33.7 Å². The number of piperidine rings is 1. The van der Waals surface area contributed by atoms with Crippen LogP contribution in [0.4, 0.5) is 8.78 Å². The van der Waals surface area contributed by atoms with Crippen LogP contribution in [-0.4, -0.2) is 62.1 Å². The van der Waals surface area contributed by atoms with Gasteiger partial charge in [-0.05, 0) is 24.1 Å². The van der Waals surface area contributed by atoms with Crippen LogP contribution in [0.25, 0.3) is 0 Å². The predicted molar refractivity (Wildman–Crippen MR) is 81.8 cm³/mol. The van der Waals surface area contributed by atoms with Gasteiger partial charge in [-0.3, -0.25) is 4.90 Å². The number of rotatable bonds is 5. The van der Waals surface area contributed by atoms with Crippen LogP contribution in [0.5, 0.6) is 0 Å². The van der Waals surface area contributed by atoms with E-state index in [2.05, 4.69) is 4.72 Å². The molecule has 1 aliphatic rings. The monoisotopic (exact) mass is 349 g/mol.